The largest absolute Gasteiger partial charge is 0.456 e. The van der Waals surface area contributed by atoms with E-state index in [1.165, 1.54) is 10.8 Å². The van der Waals surface area contributed by atoms with Crippen molar-refractivity contribution in [1.82, 2.24) is 0 Å². The standard InChI is InChI=1S/C44H30N2O/c1-5-13-35(14-6-1)45(36-15-7-2-8-16-36)39-23-21-31-27-41-42-28-32-22-24-40(26-34(32)30-44(42)47-43(41)29-33(31)25-39)46(37-17-9-3-10-18-37)38-19-11-4-12-20-38/h1-30H. The van der Waals surface area contributed by atoms with Crippen molar-refractivity contribution in [2.24, 2.45) is 0 Å². The maximum Gasteiger partial charge on any atom is 0.136 e. The van der Waals surface area contributed by atoms with E-state index >= 15 is 0 Å². The molecule has 3 heteroatoms. The van der Waals surface area contributed by atoms with Crippen LogP contribution in [-0.2, 0) is 0 Å². The minimum atomic E-state index is 0.890. The van der Waals surface area contributed by atoms with Crippen LogP contribution in [0.25, 0.3) is 43.5 Å². The zero-order chi connectivity index (χ0) is 31.2. The molecule has 0 radical (unpaired) electrons. The highest BCUT2D eigenvalue weighted by atomic mass is 16.3. The van der Waals surface area contributed by atoms with Crippen molar-refractivity contribution in [3.8, 4) is 0 Å². The van der Waals surface area contributed by atoms with Gasteiger partial charge in [-0.25, -0.2) is 0 Å². The lowest BCUT2D eigenvalue weighted by Gasteiger charge is -2.25. The summed E-state index contributed by atoms with van der Waals surface area (Å²) in [5.74, 6) is 0. The zero-order valence-corrected chi connectivity index (χ0v) is 25.6. The van der Waals surface area contributed by atoms with Crippen molar-refractivity contribution < 1.29 is 4.42 Å². The van der Waals surface area contributed by atoms with Crippen molar-refractivity contribution >= 4 is 77.6 Å². The van der Waals surface area contributed by atoms with Gasteiger partial charge in [0.05, 0.1) is 0 Å². The van der Waals surface area contributed by atoms with E-state index in [1.807, 2.05) is 0 Å². The Morgan fingerprint density at radius 1 is 0.277 bits per heavy atom. The lowest BCUT2D eigenvalue weighted by Crippen LogP contribution is -2.09. The molecule has 0 saturated carbocycles. The highest BCUT2D eigenvalue weighted by Crippen LogP contribution is 2.41. The summed E-state index contributed by atoms with van der Waals surface area (Å²) in [5, 5.41) is 6.90. The third-order valence-corrected chi connectivity index (χ3v) is 8.93. The summed E-state index contributed by atoms with van der Waals surface area (Å²) < 4.78 is 6.58. The Morgan fingerprint density at radius 3 is 0.957 bits per heavy atom. The van der Waals surface area contributed by atoms with Crippen LogP contribution in [0, 0.1) is 0 Å². The maximum absolute atomic E-state index is 6.58. The van der Waals surface area contributed by atoms with Crippen molar-refractivity contribution in [2.45, 2.75) is 0 Å². The van der Waals surface area contributed by atoms with Gasteiger partial charge >= 0.3 is 0 Å². The molecule has 1 heterocycles. The second-order valence-electron chi connectivity index (χ2n) is 11.9. The van der Waals surface area contributed by atoms with Crippen LogP contribution in [0.3, 0.4) is 0 Å². The molecule has 222 valence electrons. The molecule has 9 rings (SSSR count). The van der Waals surface area contributed by atoms with Gasteiger partial charge in [-0.05, 0) is 119 Å². The Bertz CT molecular complexity index is 2250. The van der Waals surface area contributed by atoms with Gasteiger partial charge in [-0.2, -0.15) is 0 Å². The minimum absolute atomic E-state index is 0.890. The van der Waals surface area contributed by atoms with Crippen LogP contribution in [0.2, 0.25) is 0 Å². The lowest BCUT2D eigenvalue weighted by atomic mass is 10.0. The molecule has 0 atom stereocenters. The van der Waals surface area contributed by atoms with Crippen molar-refractivity contribution in [3.05, 3.63) is 182 Å². The van der Waals surface area contributed by atoms with E-state index in [-0.39, 0.29) is 0 Å². The zero-order valence-electron chi connectivity index (χ0n) is 25.6. The van der Waals surface area contributed by atoms with Gasteiger partial charge in [0.2, 0.25) is 0 Å². The van der Waals surface area contributed by atoms with Crippen LogP contribution < -0.4 is 9.80 Å². The molecule has 1 aromatic heterocycles. The molecule has 0 saturated heterocycles. The second-order valence-corrected chi connectivity index (χ2v) is 11.9. The molecule has 9 aromatic rings. The van der Waals surface area contributed by atoms with E-state index in [4.69, 9.17) is 4.42 Å². The normalized spacial score (nSPS) is 11.4. The molecule has 0 bridgehead atoms. The third-order valence-electron chi connectivity index (χ3n) is 8.93. The summed E-state index contributed by atoms with van der Waals surface area (Å²) in [6.45, 7) is 0. The molecule has 0 amide bonds. The van der Waals surface area contributed by atoms with Gasteiger partial charge in [0.1, 0.15) is 11.2 Å². The van der Waals surface area contributed by atoms with Crippen LogP contribution in [0.4, 0.5) is 34.1 Å². The second kappa shape index (κ2) is 11.2. The predicted molar refractivity (Wildman–Crippen MR) is 198 cm³/mol. The Morgan fingerprint density at radius 2 is 0.617 bits per heavy atom. The maximum atomic E-state index is 6.58. The quantitative estimate of drug-likeness (QED) is 0.189. The van der Waals surface area contributed by atoms with E-state index < -0.39 is 0 Å². The fourth-order valence-electron chi connectivity index (χ4n) is 6.72. The molecule has 8 aromatic carbocycles. The van der Waals surface area contributed by atoms with E-state index in [9.17, 15) is 0 Å². The Hall–Kier alpha value is -6.32. The van der Waals surface area contributed by atoms with Gasteiger partial charge in [0.25, 0.3) is 0 Å². The van der Waals surface area contributed by atoms with Crippen LogP contribution in [0.1, 0.15) is 0 Å². The number of anilines is 6. The summed E-state index contributed by atoms with van der Waals surface area (Å²) in [6.07, 6.45) is 0. The monoisotopic (exact) mass is 602 g/mol. The fourth-order valence-corrected chi connectivity index (χ4v) is 6.72. The molecule has 47 heavy (non-hydrogen) atoms. The topological polar surface area (TPSA) is 19.6 Å². The van der Waals surface area contributed by atoms with Crippen molar-refractivity contribution in [2.75, 3.05) is 9.80 Å². The first-order chi connectivity index (χ1) is 23.3. The van der Waals surface area contributed by atoms with Gasteiger partial charge in [-0.1, -0.05) is 84.9 Å². The number of nitrogens with zero attached hydrogens (tertiary/aromatic N) is 2. The van der Waals surface area contributed by atoms with Crippen LogP contribution in [0.5, 0.6) is 0 Å². The Kier molecular flexibility index (Phi) is 6.46. The summed E-state index contributed by atoms with van der Waals surface area (Å²) in [6, 6.07) is 64.3. The van der Waals surface area contributed by atoms with Crippen LogP contribution in [-0.4, -0.2) is 0 Å². The smallest absolute Gasteiger partial charge is 0.136 e. The van der Waals surface area contributed by atoms with Crippen molar-refractivity contribution in [1.29, 1.82) is 0 Å². The van der Waals surface area contributed by atoms with Gasteiger partial charge in [-0.15, -0.1) is 0 Å². The van der Waals surface area contributed by atoms with Gasteiger partial charge < -0.3 is 14.2 Å². The first-order valence-electron chi connectivity index (χ1n) is 15.9. The minimum Gasteiger partial charge on any atom is -0.456 e. The highest BCUT2D eigenvalue weighted by Gasteiger charge is 2.16. The predicted octanol–water partition coefficient (Wildman–Crippen LogP) is 12.8. The molecule has 0 fully saturated rings. The number of benzene rings is 8. The number of fused-ring (bicyclic) bond motifs is 5. The van der Waals surface area contributed by atoms with Gasteiger partial charge in [-0.3, -0.25) is 0 Å². The lowest BCUT2D eigenvalue weighted by molar-refractivity contribution is 0.670. The van der Waals surface area contributed by atoms with Gasteiger partial charge in [0.15, 0.2) is 0 Å². The van der Waals surface area contributed by atoms with E-state index in [1.54, 1.807) is 0 Å². The van der Waals surface area contributed by atoms with E-state index in [0.29, 0.717) is 0 Å². The molecule has 0 unspecified atom stereocenters. The van der Waals surface area contributed by atoms with E-state index in [0.717, 1.165) is 66.8 Å². The Labute approximate surface area is 273 Å². The number of hydrogen-bond acceptors (Lipinski definition) is 3. The molecule has 0 aliphatic rings. The number of furan rings is 1. The summed E-state index contributed by atoms with van der Waals surface area (Å²) in [7, 11) is 0. The number of para-hydroxylation sites is 4. The highest BCUT2D eigenvalue weighted by molar-refractivity contribution is 6.14. The van der Waals surface area contributed by atoms with Gasteiger partial charge in [0, 0.05) is 44.9 Å². The first-order valence-corrected chi connectivity index (χ1v) is 15.9. The molecule has 3 nitrogen and oxygen atoms in total. The average Bonchev–Trinajstić information content (AvgIpc) is 3.47. The number of hydrogen-bond donors (Lipinski definition) is 0. The SMILES string of the molecule is c1ccc(N(c2ccccc2)c2ccc3cc4c(cc3c2)oc2cc3cc(N(c5ccccc5)c5ccccc5)ccc3cc24)cc1. The number of rotatable bonds is 6. The Balaban J connectivity index is 1.16. The summed E-state index contributed by atoms with van der Waals surface area (Å²) in [5.41, 5.74) is 8.45. The van der Waals surface area contributed by atoms with Crippen molar-refractivity contribution in [3.63, 3.8) is 0 Å². The molecule has 0 N–H and O–H groups in total. The molecule has 0 aliphatic heterocycles. The van der Waals surface area contributed by atoms with Crippen LogP contribution >= 0.6 is 0 Å². The first kappa shape index (κ1) is 27.0. The average molecular weight is 603 g/mol. The van der Waals surface area contributed by atoms with E-state index in [2.05, 4.69) is 192 Å². The van der Waals surface area contributed by atoms with Crippen LogP contribution in [0.15, 0.2) is 186 Å². The third kappa shape index (κ3) is 4.86. The molecule has 0 spiro atoms. The molecule has 0 aliphatic carbocycles. The fraction of sp³-hybridized carbons (Fsp3) is 0. The molecular formula is C44H30N2O. The summed E-state index contributed by atoms with van der Waals surface area (Å²) >= 11 is 0. The summed E-state index contributed by atoms with van der Waals surface area (Å²) in [4.78, 5) is 4.58. The molecular weight excluding hydrogens is 572 g/mol.